The van der Waals surface area contributed by atoms with Gasteiger partial charge in [0.15, 0.2) is 0 Å². The highest BCUT2D eigenvalue weighted by molar-refractivity contribution is 5.89. The van der Waals surface area contributed by atoms with Crippen LogP contribution in [0.5, 0.6) is 5.75 Å². The Hall–Kier alpha value is -1.81. The van der Waals surface area contributed by atoms with Gasteiger partial charge in [-0.25, -0.2) is 0 Å². The SMILES string of the molecule is COc1cccc([C@@H]2C[C@@H](O)CN2C(=O)C=C2CCC2)c1. The second-order valence-corrected chi connectivity index (χ2v) is 5.83. The van der Waals surface area contributed by atoms with Crippen molar-refractivity contribution < 1.29 is 14.6 Å². The maximum absolute atomic E-state index is 12.4. The molecule has 21 heavy (non-hydrogen) atoms. The van der Waals surface area contributed by atoms with E-state index in [0.717, 1.165) is 24.2 Å². The van der Waals surface area contributed by atoms with Crippen molar-refractivity contribution in [3.63, 3.8) is 0 Å². The quantitative estimate of drug-likeness (QED) is 0.869. The zero-order chi connectivity index (χ0) is 14.8. The van der Waals surface area contributed by atoms with Crippen molar-refractivity contribution in [2.75, 3.05) is 13.7 Å². The van der Waals surface area contributed by atoms with Gasteiger partial charge in [-0.1, -0.05) is 17.7 Å². The number of hydrogen-bond donors (Lipinski definition) is 1. The highest BCUT2D eigenvalue weighted by Gasteiger charge is 2.34. The van der Waals surface area contributed by atoms with E-state index in [-0.39, 0.29) is 11.9 Å². The van der Waals surface area contributed by atoms with E-state index in [1.54, 1.807) is 18.1 Å². The Morgan fingerprint density at radius 3 is 2.90 bits per heavy atom. The molecule has 1 aromatic carbocycles. The number of ether oxygens (including phenoxy) is 1. The zero-order valence-electron chi connectivity index (χ0n) is 12.3. The summed E-state index contributed by atoms with van der Waals surface area (Å²) < 4.78 is 5.25. The van der Waals surface area contributed by atoms with Gasteiger partial charge in [-0.15, -0.1) is 0 Å². The Kier molecular flexibility index (Phi) is 3.97. The van der Waals surface area contributed by atoms with Crippen LogP contribution in [0.25, 0.3) is 0 Å². The van der Waals surface area contributed by atoms with Gasteiger partial charge in [-0.3, -0.25) is 4.79 Å². The van der Waals surface area contributed by atoms with Crippen molar-refractivity contribution in [2.45, 2.75) is 37.8 Å². The fourth-order valence-corrected chi connectivity index (χ4v) is 3.00. The molecule has 1 aliphatic heterocycles. The van der Waals surface area contributed by atoms with E-state index < -0.39 is 6.10 Å². The molecular weight excluding hydrogens is 266 g/mol. The second-order valence-electron chi connectivity index (χ2n) is 5.83. The summed E-state index contributed by atoms with van der Waals surface area (Å²) in [4.78, 5) is 14.2. The van der Waals surface area contributed by atoms with Crippen molar-refractivity contribution in [3.05, 3.63) is 41.5 Å². The van der Waals surface area contributed by atoms with Gasteiger partial charge in [-0.2, -0.15) is 0 Å². The molecule has 3 rings (SSSR count). The Balaban J connectivity index is 1.82. The largest absolute Gasteiger partial charge is 0.497 e. The number of amides is 1. The summed E-state index contributed by atoms with van der Waals surface area (Å²) in [6, 6.07) is 7.67. The van der Waals surface area contributed by atoms with E-state index in [1.807, 2.05) is 24.3 Å². The van der Waals surface area contributed by atoms with Crippen LogP contribution in [0.15, 0.2) is 35.9 Å². The molecule has 0 unspecified atom stereocenters. The van der Waals surface area contributed by atoms with Gasteiger partial charge in [0, 0.05) is 12.6 Å². The number of aliphatic hydroxyl groups excluding tert-OH is 1. The summed E-state index contributed by atoms with van der Waals surface area (Å²) in [5.41, 5.74) is 2.25. The fraction of sp³-hybridized carbons (Fsp3) is 0.471. The summed E-state index contributed by atoms with van der Waals surface area (Å²) in [5.74, 6) is 0.799. The first kappa shape index (κ1) is 14.1. The second kappa shape index (κ2) is 5.90. The molecular formula is C17H21NO3. The summed E-state index contributed by atoms with van der Waals surface area (Å²) in [5, 5.41) is 9.97. The topological polar surface area (TPSA) is 49.8 Å². The lowest BCUT2D eigenvalue weighted by atomic mass is 9.92. The standard InChI is InChI=1S/C17H21NO3/c1-21-15-7-3-6-13(9-15)16-10-14(19)11-18(16)17(20)8-12-4-2-5-12/h3,6-9,14,16,19H,2,4-5,10-11H2,1H3/t14-,16+/m1/s1. The average Bonchev–Trinajstić information content (AvgIpc) is 2.85. The normalized spacial score (nSPS) is 24.7. The molecule has 112 valence electrons. The first-order valence-corrected chi connectivity index (χ1v) is 7.49. The number of β-amino-alcohol motifs (C(OH)–C–C–N with tert-alkyl or cyclic N) is 1. The van der Waals surface area contributed by atoms with Crippen LogP contribution in [0.4, 0.5) is 0 Å². The van der Waals surface area contributed by atoms with Crippen molar-refractivity contribution in [1.29, 1.82) is 0 Å². The molecule has 0 spiro atoms. The molecule has 2 fully saturated rings. The molecule has 0 aromatic heterocycles. The van der Waals surface area contributed by atoms with E-state index in [9.17, 15) is 9.90 Å². The molecule has 1 aromatic rings. The first-order chi connectivity index (χ1) is 10.2. The molecule has 0 radical (unpaired) electrons. The van der Waals surface area contributed by atoms with Crippen LogP contribution in [0.2, 0.25) is 0 Å². The molecule has 4 nitrogen and oxygen atoms in total. The maximum atomic E-state index is 12.4. The summed E-state index contributed by atoms with van der Waals surface area (Å²) >= 11 is 0. The minimum Gasteiger partial charge on any atom is -0.497 e. The first-order valence-electron chi connectivity index (χ1n) is 7.49. The minimum atomic E-state index is -0.454. The molecule has 1 N–H and O–H groups in total. The van der Waals surface area contributed by atoms with E-state index in [2.05, 4.69) is 0 Å². The van der Waals surface area contributed by atoms with Gasteiger partial charge >= 0.3 is 0 Å². The third kappa shape index (κ3) is 2.95. The van der Waals surface area contributed by atoms with E-state index in [0.29, 0.717) is 13.0 Å². The van der Waals surface area contributed by atoms with Crippen LogP contribution >= 0.6 is 0 Å². The van der Waals surface area contributed by atoms with Crippen LogP contribution < -0.4 is 4.74 Å². The number of benzene rings is 1. The Morgan fingerprint density at radius 2 is 2.24 bits per heavy atom. The molecule has 2 atom stereocenters. The molecule has 1 saturated heterocycles. The highest BCUT2D eigenvalue weighted by atomic mass is 16.5. The predicted molar refractivity (Wildman–Crippen MR) is 80.0 cm³/mol. The molecule has 4 heteroatoms. The zero-order valence-corrected chi connectivity index (χ0v) is 12.3. The Labute approximate surface area is 125 Å². The van der Waals surface area contributed by atoms with Crippen molar-refractivity contribution in [1.82, 2.24) is 4.90 Å². The lowest BCUT2D eigenvalue weighted by molar-refractivity contribution is -0.127. The van der Waals surface area contributed by atoms with Crippen LogP contribution in [-0.4, -0.2) is 35.7 Å². The van der Waals surface area contributed by atoms with Gasteiger partial charge in [0.25, 0.3) is 0 Å². The number of aliphatic hydroxyl groups is 1. The monoisotopic (exact) mass is 287 g/mol. The number of carbonyl (C=O) groups is 1. The predicted octanol–water partition coefficient (Wildman–Crippen LogP) is 2.44. The Morgan fingerprint density at radius 1 is 1.43 bits per heavy atom. The molecule has 1 aliphatic carbocycles. The van der Waals surface area contributed by atoms with E-state index >= 15 is 0 Å². The van der Waals surface area contributed by atoms with Crippen LogP contribution in [-0.2, 0) is 4.79 Å². The van der Waals surface area contributed by atoms with Gasteiger partial charge in [0.05, 0.1) is 19.3 Å². The number of allylic oxidation sites excluding steroid dienone is 1. The number of rotatable bonds is 3. The van der Waals surface area contributed by atoms with Crippen LogP contribution in [0, 0.1) is 0 Å². The number of nitrogens with zero attached hydrogens (tertiary/aromatic N) is 1. The number of methoxy groups -OCH3 is 1. The van der Waals surface area contributed by atoms with Gasteiger partial charge in [0.2, 0.25) is 5.91 Å². The van der Waals surface area contributed by atoms with Crippen LogP contribution in [0.3, 0.4) is 0 Å². The summed E-state index contributed by atoms with van der Waals surface area (Å²) in [6.45, 7) is 0.407. The third-order valence-corrected chi connectivity index (χ3v) is 4.36. The molecule has 1 amide bonds. The fourth-order valence-electron chi connectivity index (χ4n) is 3.00. The maximum Gasteiger partial charge on any atom is 0.247 e. The molecule has 0 bridgehead atoms. The lowest BCUT2D eigenvalue weighted by Gasteiger charge is -2.25. The number of likely N-dealkylation sites (tertiary alicyclic amines) is 1. The lowest BCUT2D eigenvalue weighted by Crippen LogP contribution is -2.30. The van der Waals surface area contributed by atoms with Crippen molar-refractivity contribution in [3.8, 4) is 5.75 Å². The van der Waals surface area contributed by atoms with E-state index in [1.165, 1.54) is 12.0 Å². The average molecular weight is 287 g/mol. The molecule has 1 heterocycles. The Bertz CT molecular complexity index is 561. The van der Waals surface area contributed by atoms with Gasteiger partial charge < -0.3 is 14.7 Å². The minimum absolute atomic E-state index is 0.0223. The molecule has 2 aliphatic rings. The van der Waals surface area contributed by atoms with Crippen molar-refractivity contribution >= 4 is 5.91 Å². The summed E-state index contributed by atoms with van der Waals surface area (Å²) in [7, 11) is 1.63. The van der Waals surface area contributed by atoms with Crippen LogP contribution in [0.1, 0.15) is 37.3 Å². The number of carbonyl (C=O) groups excluding carboxylic acids is 1. The smallest absolute Gasteiger partial charge is 0.247 e. The third-order valence-electron chi connectivity index (χ3n) is 4.36. The molecule has 1 saturated carbocycles. The van der Waals surface area contributed by atoms with Gasteiger partial charge in [-0.05, 0) is 43.4 Å². The van der Waals surface area contributed by atoms with Gasteiger partial charge in [0.1, 0.15) is 5.75 Å². The van der Waals surface area contributed by atoms with E-state index in [4.69, 9.17) is 4.74 Å². The number of hydrogen-bond acceptors (Lipinski definition) is 3. The van der Waals surface area contributed by atoms with Crippen molar-refractivity contribution in [2.24, 2.45) is 0 Å². The summed E-state index contributed by atoms with van der Waals surface area (Å²) in [6.07, 6.45) is 5.14. The highest BCUT2D eigenvalue weighted by Crippen LogP contribution is 2.34.